The largest absolute Gasteiger partial charge is 0.302 e. The molecule has 7 nitrogen and oxygen atoms in total. The molecule has 1 aromatic heterocycles. The van der Waals surface area contributed by atoms with Crippen LogP contribution in [0.4, 0.5) is 11.4 Å². The Kier molecular flexibility index (Phi) is 6.63. The summed E-state index contributed by atoms with van der Waals surface area (Å²) < 4.78 is 2.01. The minimum Gasteiger partial charge on any atom is -0.302 e. The van der Waals surface area contributed by atoms with Crippen LogP contribution in [-0.4, -0.2) is 25.9 Å². The molecule has 0 saturated carbocycles. The van der Waals surface area contributed by atoms with Crippen molar-refractivity contribution in [1.29, 1.82) is 0 Å². The van der Waals surface area contributed by atoms with Crippen LogP contribution in [0.2, 0.25) is 5.02 Å². The number of non-ortho nitro benzene ring substituents is 1. The Labute approximate surface area is 193 Å². The lowest BCUT2D eigenvalue weighted by Gasteiger charge is -2.09. The van der Waals surface area contributed by atoms with E-state index < -0.39 is 4.92 Å². The number of nitrogens with zero attached hydrogens (tertiary/aromatic N) is 5. The molecule has 0 amide bonds. The molecule has 0 fully saturated rings. The average molecular weight is 464 g/mol. The van der Waals surface area contributed by atoms with Gasteiger partial charge < -0.3 is 4.57 Å². The van der Waals surface area contributed by atoms with Crippen LogP contribution in [0.5, 0.6) is 0 Å². The normalized spacial score (nSPS) is 11.2. The first-order valence-corrected chi connectivity index (χ1v) is 11.0. The van der Waals surface area contributed by atoms with Gasteiger partial charge >= 0.3 is 0 Å². The molecular formula is C23H18ClN5O2S. The highest BCUT2D eigenvalue weighted by molar-refractivity contribution is 7.99. The van der Waals surface area contributed by atoms with Crippen LogP contribution in [0.25, 0.3) is 11.4 Å². The quantitative estimate of drug-likeness (QED) is 0.179. The molecule has 0 bridgehead atoms. The van der Waals surface area contributed by atoms with Crippen LogP contribution >= 0.6 is 23.4 Å². The van der Waals surface area contributed by atoms with Gasteiger partial charge in [0.15, 0.2) is 11.0 Å². The Morgan fingerprint density at radius 2 is 1.91 bits per heavy atom. The van der Waals surface area contributed by atoms with Crippen LogP contribution in [0.15, 0.2) is 87.8 Å². The summed E-state index contributed by atoms with van der Waals surface area (Å²) in [4.78, 5) is 16.1. The van der Waals surface area contributed by atoms with Crippen LogP contribution in [0, 0.1) is 10.1 Å². The Morgan fingerprint density at radius 1 is 1.09 bits per heavy atom. The van der Waals surface area contributed by atoms with E-state index in [9.17, 15) is 10.1 Å². The zero-order valence-corrected chi connectivity index (χ0v) is 18.6. The zero-order chi connectivity index (χ0) is 22.5. The smallest absolute Gasteiger partial charge is 0.270 e. The molecule has 0 aliphatic carbocycles. The minimum absolute atomic E-state index is 0.0103. The molecule has 1 heterocycles. The summed E-state index contributed by atoms with van der Waals surface area (Å²) in [5.41, 5.74) is 2.23. The van der Waals surface area contributed by atoms with Gasteiger partial charge in [-0.1, -0.05) is 48.0 Å². The summed E-state index contributed by atoms with van der Waals surface area (Å²) in [6, 6.07) is 21.6. The van der Waals surface area contributed by atoms with Crippen molar-refractivity contribution in [3.63, 3.8) is 0 Å². The molecule has 9 heteroatoms. The van der Waals surface area contributed by atoms with Crippen LogP contribution in [-0.2, 0) is 6.54 Å². The second-order valence-corrected chi connectivity index (χ2v) is 8.18. The summed E-state index contributed by atoms with van der Waals surface area (Å²) in [5.74, 6) is 0.770. The molecule has 0 aliphatic heterocycles. The predicted octanol–water partition coefficient (Wildman–Crippen LogP) is 6.43. The van der Waals surface area contributed by atoms with Gasteiger partial charge in [0.2, 0.25) is 0 Å². The summed E-state index contributed by atoms with van der Waals surface area (Å²) in [7, 11) is 0. The van der Waals surface area contributed by atoms with Gasteiger partial charge in [-0.15, -0.1) is 10.2 Å². The molecule has 0 saturated heterocycles. The highest BCUT2D eigenvalue weighted by Gasteiger charge is 2.17. The Hall–Kier alpha value is -3.49. The van der Waals surface area contributed by atoms with Gasteiger partial charge in [-0.05, 0) is 43.0 Å². The Bertz CT molecular complexity index is 1290. The third kappa shape index (κ3) is 4.87. The zero-order valence-electron chi connectivity index (χ0n) is 17.1. The Balaban J connectivity index is 1.71. The third-order valence-corrected chi connectivity index (χ3v) is 5.94. The number of hydrogen-bond acceptors (Lipinski definition) is 6. The van der Waals surface area contributed by atoms with Crippen molar-refractivity contribution in [2.45, 2.75) is 23.5 Å². The number of nitro groups is 1. The highest BCUT2D eigenvalue weighted by Crippen LogP contribution is 2.33. The second kappa shape index (κ2) is 9.76. The number of rotatable bonds is 7. The lowest BCUT2D eigenvalue weighted by Crippen LogP contribution is -2.00. The third-order valence-electron chi connectivity index (χ3n) is 4.63. The Morgan fingerprint density at radius 3 is 2.62 bits per heavy atom. The van der Waals surface area contributed by atoms with Crippen molar-refractivity contribution >= 4 is 41.0 Å². The van der Waals surface area contributed by atoms with Crippen molar-refractivity contribution in [2.24, 2.45) is 4.99 Å². The summed E-state index contributed by atoms with van der Waals surface area (Å²) >= 11 is 7.42. The van der Waals surface area contributed by atoms with Crippen molar-refractivity contribution in [3.8, 4) is 11.4 Å². The van der Waals surface area contributed by atoms with E-state index in [0.717, 1.165) is 16.3 Å². The average Bonchev–Trinajstić information content (AvgIpc) is 3.21. The van der Waals surface area contributed by atoms with Gasteiger partial charge in [-0.2, -0.15) is 0 Å². The van der Waals surface area contributed by atoms with E-state index in [4.69, 9.17) is 11.6 Å². The predicted molar refractivity (Wildman–Crippen MR) is 127 cm³/mol. The molecule has 0 radical (unpaired) electrons. The molecule has 32 heavy (non-hydrogen) atoms. The van der Waals surface area contributed by atoms with E-state index >= 15 is 0 Å². The molecule has 0 aliphatic rings. The summed E-state index contributed by atoms with van der Waals surface area (Å²) in [5, 5.41) is 21.3. The molecule has 0 atom stereocenters. The van der Waals surface area contributed by atoms with E-state index in [-0.39, 0.29) is 5.69 Å². The lowest BCUT2D eigenvalue weighted by atomic mass is 10.2. The fraction of sp³-hybridized carbons (Fsp3) is 0.0870. The fourth-order valence-electron chi connectivity index (χ4n) is 3.09. The maximum absolute atomic E-state index is 11.3. The van der Waals surface area contributed by atoms with Crippen molar-refractivity contribution in [1.82, 2.24) is 14.8 Å². The maximum atomic E-state index is 11.3. The van der Waals surface area contributed by atoms with E-state index in [2.05, 4.69) is 15.2 Å². The van der Waals surface area contributed by atoms with Crippen molar-refractivity contribution in [3.05, 3.63) is 93.5 Å². The SMILES string of the molecule is CCn1c(Sc2ccc([N+](=O)[O-])cc2C=Nc2cccc(Cl)c2)nnc1-c1ccccc1. The minimum atomic E-state index is -0.423. The second-order valence-electron chi connectivity index (χ2n) is 6.74. The van der Waals surface area contributed by atoms with Crippen LogP contribution < -0.4 is 0 Å². The van der Waals surface area contributed by atoms with E-state index in [1.807, 2.05) is 47.9 Å². The van der Waals surface area contributed by atoms with Gasteiger partial charge in [0, 0.05) is 45.9 Å². The highest BCUT2D eigenvalue weighted by atomic mass is 35.5. The van der Waals surface area contributed by atoms with Gasteiger partial charge in [0.05, 0.1) is 10.6 Å². The van der Waals surface area contributed by atoms with Gasteiger partial charge in [0.1, 0.15) is 0 Å². The lowest BCUT2D eigenvalue weighted by molar-refractivity contribution is -0.384. The first-order chi connectivity index (χ1) is 15.5. The van der Waals surface area contributed by atoms with Gasteiger partial charge in [0.25, 0.3) is 5.69 Å². The number of aliphatic imine (C=N–C) groups is 1. The molecular weight excluding hydrogens is 446 g/mol. The molecule has 4 aromatic rings. The standard InChI is InChI=1S/C23H18ClN5O2S/c1-2-28-22(16-7-4-3-5-8-16)26-27-23(28)32-21-12-11-20(29(30)31)13-17(21)15-25-19-10-6-9-18(24)14-19/h3-15H,2H2,1H3. The first kappa shape index (κ1) is 21.7. The monoisotopic (exact) mass is 463 g/mol. The molecule has 0 spiro atoms. The number of benzene rings is 3. The number of halogens is 1. The number of nitro benzene ring substituents is 1. The fourth-order valence-corrected chi connectivity index (χ4v) is 4.25. The number of aromatic nitrogens is 3. The van der Waals surface area contributed by atoms with Crippen LogP contribution in [0.3, 0.4) is 0 Å². The summed E-state index contributed by atoms with van der Waals surface area (Å²) in [6.07, 6.45) is 1.60. The molecule has 4 rings (SSSR count). The molecule has 3 aromatic carbocycles. The molecule has 0 N–H and O–H groups in total. The van der Waals surface area contributed by atoms with E-state index in [0.29, 0.717) is 28.0 Å². The summed E-state index contributed by atoms with van der Waals surface area (Å²) in [6.45, 7) is 2.70. The topological polar surface area (TPSA) is 86.2 Å². The van der Waals surface area contributed by atoms with E-state index in [1.54, 1.807) is 30.5 Å². The van der Waals surface area contributed by atoms with Crippen LogP contribution in [0.1, 0.15) is 12.5 Å². The molecule has 0 unspecified atom stereocenters. The maximum Gasteiger partial charge on any atom is 0.270 e. The van der Waals surface area contributed by atoms with Gasteiger partial charge in [-0.25, -0.2) is 0 Å². The van der Waals surface area contributed by atoms with Crippen molar-refractivity contribution in [2.75, 3.05) is 0 Å². The van der Waals surface area contributed by atoms with Crippen molar-refractivity contribution < 1.29 is 4.92 Å². The first-order valence-electron chi connectivity index (χ1n) is 9.79. The number of hydrogen-bond donors (Lipinski definition) is 0. The van der Waals surface area contributed by atoms with E-state index in [1.165, 1.54) is 23.9 Å². The van der Waals surface area contributed by atoms with Gasteiger partial charge in [-0.3, -0.25) is 15.1 Å². The molecule has 160 valence electrons.